The van der Waals surface area contributed by atoms with Crippen LogP contribution in [0.3, 0.4) is 0 Å². The van der Waals surface area contributed by atoms with Gasteiger partial charge in [-0.3, -0.25) is 19.2 Å². The predicted molar refractivity (Wildman–Crippen MR) is 78.4 cm³/mol. The zero-order valence-electron chi connectivity index (χ0n) is 12.9. The molecular weight excluding hydrogens is 400 g/mol. The SMILES string of the molecule is CCCOP(OCCC)OCCC.[C]=O.[C]=O.[C]=O.[C]=O.[Ru]. The summed E-state index contributed by atoms with van der Waals surface area (Å²) < 4.78 is 16.2. The Morgan fingerprint density at radius 1 is 0.591 bits per heavy atom. The predicted octanol–water partition coefficient (Wildman–Crippen LogP) is 1.90. The molecule has 0 rings (SSSR count). The molecule has 0 bridgehead atoms. The summed E-state index contributed by atoms with van der Waals surface area (Å²) in [5.41, 5.74) is 0. The number of rotatable bonds is 9. The van der Waals surface area contributed by atoms with E-state index < -0.39 is 8.60 Å². The minimum atomic E-state index is -1.08. The summed E-state index contributed by atoms with van der Waals surface area (Å²) in [6.07, 6.45) is 3.01. The summed E-state index contributed by atoms with van der Waals surface area (Å²) >= 11 is 0. The third-order valence-electron chi connectivity index (χ3n) is 1.20. The van der Waals surface area contributed by atoms with Crippen LogP contribution in [-0.2, 0) is 52.2 Å². The van der Waals surface area contributed by atoms with Crippen molar-refractivity contribution in [1.82, 2.24) is 0 Å². The van der Waals surface area contributed by atoms with Crippen molar-refractivity contribution >= 4 is 35.8 Å². The molecule has 0 N–H and O–H groups in total. The van der Waals surface area contributed by atoms with E-state index in [1.54, 1.807) is 0 Å². The molecule has 0 heterocycles. The van der Waals surface area contributed by atoms with Gasteiger partial charge in [-0.1, -0.05) is 20.8 Å². The molecular formula is C13H21O7PRu. The molecule has 0 unspecified atom stereocenters. The monoisotopic (exact) mass is 422 g/mol. The van der Waals surface area contributed by atoms with Gasteiger partial charge in [-0.2, -0.15) is 0 Å². The smallest absolute Gasteiger partial charge is 0.312 e. The molecule has 128 valence electrons. The molecule has 0 spiro atoms. The Morgan fingerprint density at radius 2 is 0.773 bits per heavy atom. The Bertz CT molecular complexity index is 131. The van der Waals surface area contributed by atoms with Crippen molar-refractivity contribution in [3.05, 3.63) is 0 Å². The maximum atomic E-state index is 7.50. The molecule has 0 aromatic carbocycles. The van der Waals surface area contributed by atoms with E-state index in [0.29, 0.717) is 0 Å². The summed E-state index contributed by atoms with van der Waals surface area (Å²) in [4.78, 5) is 30.0. The van der Waals surface area contributed by atoms with Crippen molar-refractivity contribution in [3.63, 3.8) is 0 Å². The Balaban J connectivity index is -0.0000000613. The van der Waals surface area contributed by atoms with Crippen LogP contribution in [0.5, 0.6) is 0 Å². The topological polar surface area (TPSA) is 96.0 Å². The first-order chi connectivity index (χ1) is 10.3. The molecule has 0 fully saturated rings. The second-order valence-electron chi connectivity index (χ2n) is 2.72. The minimum Gasteiger partial charge on any atom is -0.312 e. The van der Waals surface area contributed by atoms with Gasteiger partial charge in [-0.25, -0.2) is 0 Å². The molecule has 8 radical (unpaired) electrons. The maximum Gasteiger partial charge on any atom is 0.332 e. The van der Waals surface area contributed by atoms with Crippen molar-refractivity contribution in [3.8, 4) is 0 Å². The standard InChI is InChI=1S/C9H21O3P.4CO.Ru/c1-4-7-10-13(11-8-5-2)12-9-6-3;4*1-2;/h4-9H2,1-3H3;;;;;. The van der Waals surface area contributed by atoms with Crippen LogP contribution in [0.2, 0.25) is 0 Å². The molecule has 7 nitrogen and oxygen atoms in total. The summed E-state index contributed by atoms with van der Waals surface area (Å²) in [6.45, 7) is 26.4. The largest absolute Gasteiger partial charge is 0.332 e. The van der Waals surface area contributed by atoms with E-state index in [9.17, 15) is 0 Å². The first-order valence-electron chi connectivity index (χ1n) is 5.85. The summed E-state index contributed by atoms with van der Waals surface area (Å²) in [5.74, 6) is 0. The van der Waals surface area contributed by atoms with E-state index in [2.05, 4.69) is 47.9 Å². The van der Waals surface area contributed by atoms with E-state index >= 15 is 0 Å². The van der Waals surface area contributed by atoms with Crippen molar-refractivity contribution in [2.24, 2.45) is 0 Å². The minimum absolute atomic E-state index is 0. The molecule has 0 saturated carbocycles. The summed E-state index contributed by atoms with van der Waals surface area (Å²) in [6, 6.07) is 0. The van der Waals surface area contributed by atoms with E-state index in [1.807, 2.05) is 0 Å². The van der Waals surface area contributed by atoms with Gasteiger partial charge in [0.15, 0.2) is 0 Å². The van der Waals surface area contributed by atoms with Crippen molar-refractivity contribution in [1.29, 1.82) is 0 Å². The third-order valence-corrected chi connectivity index (χ3v) is 2.38. The van der Waals surface area contributed by atoms with E-state index in [1.165, 1.54) is 0 Å². The van der Waals surface area contributed by atoms with Crippen molar-refractivity contribution in [2.75, 3.05) is 19.8 Å². The van der Waals surface area contributed by atoms with E-state index in [0.717, 1.165) is 39.1 Å². The molecule has 0 aromatic rings. The van der Waals surface area contributed by atoms with Crippen molar-refractivity contribution in [2.45, 2.75) is 40.0 Å². The Morgan fingerprint density at radius 3 is 0.909 bits per heavy atom. The number of hydrogen-bond donors (Lipinski definition) is 0. The van der Waals surface area contributed by atoms with Crippen LogP contribution in [0.25, 0.3) is 0 Å². The second kappa shape index (κ2) is 58.8. The van der Waals surface area contributed by atoms with Gasteiger partial charge in [0.05, 0.1) is 19.8 Å². The molecule has 0 aliphatic carbocycles. The van der Waals surface area contributed by atoms with Crippen LogP contribution in [0.1, 0.15) is 40.0 Å². The van der Waals surface area contributed by atoms with Crippen LogP contribution in [0.4, 0.5) is 0 Å². The molecule has 9 heteroatoms. The van der Waals surface area contributed by atoms with Gasteiger partial charge in [-0.15, -0.1) is 0 Å². The fourth-order valence-corrected chi connectivity index (χ4v) is 1.83. The first kappa shape index (κ1) is 37.7. The van der Waals surface area contributed by atoms with Gasteiger partial charge in [0.25, 0.3) is 27.2 Å². The third kappa shape index (κ3) is 50.4. The Labute approximate surface area is 148 Å². The second-order valence-corrected chi connectivity index (χ2v) is 3.95. The molecule has 22 heavy (non-hydrogen) atoms. The molecule has 0 aromatic heterocycles. The normalized spacial score (nSPS) is 7.27. The zero-order valence-corrected chi connectivity index (χ0v) is 15.5. The fraction of sp³-hybridized carbons (Fsp3) is 0.692. The van der Waals surface area contributed by atoms with Gasteiger partial charge in [0.1, 0.15) is 0 Å². The molecule has 0 aliphatic rings. The Kier molecular flexibility index (Phi) is 101. The molecule has 0 saturated heterocycles. The van der Waals surface area contributed by atoms with Gasteiger partial charge >= 0.3 is 8.60 Å². The van der Waals surface area contributed by atoms with Crippen LogP contribution in [0.15, 0.2) is 0 Å². The van der Waals surface area contributed by atoms with Crippen molar-refractivity contribution < 1.29 is 52.2 Å². The number of hydrogen-bond acceptors (Lipinski definition) is 7. The quantitative estimate of drug-likeness (QED) is 0.414. The van der Waals surface area contributed by atoms with Crippen LogP contribution in [-0.4, -0.2) is 47.0 Å². The van der Waals surface area contributed by atoms with Gasteiger partial charge in [-0.05, 0) is 19.3 Å². The first-order valence-corrected chi connectivity index (χ1v) is 6.95. The summed E-state index contributed by atoms with van der Waals surface area (Å²) in [7, 11) is -1.08. The van der Waals surface area contributed by atoms with E-state index in [4.69, 9.17) is 32.7 Å². The molecule has 0 aliphatic heterocycles. The average molecular weight is 421 g/mol. The van der Waals surface area contributed by atoms with Gasteiger partial charge in [0.2, 0.25) is 0 Å². The van der Waals surface area contributed by atoms with Crippen LogP contribution < -0.4 is 0 Å². The van der Waals surface area contributed by atoms with Gasteiger partial charge in [0, 0.05) is 19.5 Å². The molecule has 0 atom stereocenters. The zero-order chi connectivity index (χ0) is 17.9. The average Bonchev–Trinajstić information content (AvgIpc) is 2.61. The number of carbonyl (C=O) groups excluding carboxylic acids is 4. The Hall–Kier alpha value is -0.387. The summed E-state index contributed by atoms with van der Waals surface area (Å²) in [5, 5.41) is 0. The van der Waals surface area contributed by atoms with Crippen LogP contribution >= 0.6 is 8.60 Å². The van der Waals surface area contributed by atoms with Crippen LogP contribution in [0, 0.1) is 0 Å². The van der Waals surface area contributed by atoms with E-state index in [-0.39, 0.29) is 19.5 Å². The van der Waals surface area contributed by atoms with Gasteiger partial charge < -0.3 is 13.6 Å². The maximum absolute atomic E-state index is 7.50. The molecule has 0 amide bonds. The fourth-order valence-electron chi connectivity index (χ4n) is 0.609.